The number of rotatable bonds is 9. The van der Waals surface area contributed by atoms with Crippen LogP contribution in [0.5, 0.6) is 0 Å². The minimum Gasteiger partial charge on any atom is -0.370 e. The van der Waals surface area contributed by atoms with Crippen LogP contribution in [0.15, 0.2) is 23.2 Å². The number of benzene rings is 1. The van der Waals surface area contributed by atoms with Gasteiger partial charge in [-0.3, -0.25) is 4.79 Å². The summed E-state index contributed by atoms with van der Waals surface area (Å²) in [5.41, 5.74) is 13.2. The molecule has 1 fully saturated rings. The molecule has 1 aliphatic carbocycles. The third-order valence-corrected chi connectivity index (χ3v) is 6.03. The van der Waals surface area contributed by atoms with Gasteiger partial charge in [-0.1, -0.05) is 51.2 Å². The van der Waals surface area contributed by atoms with Crippen molar-refractivity contribution in [2.75, 3.05) is 5.32 Å². The molecule has 1 heterocycles. The predicted molar refractivity (Wildman–Crippen MR) is 131 cm³/mol. The van der Waals surface area contributed by atoms with Crippen molar-refractivity contribution in [2.24, 2.45) is 16.5 Å². The molecule has 1 amide bonds. The molecule has 0 radical (unpaired) electrons. The van der Waals surface area contributed by atoms with Gasteiger partial charge in [0, 0.05) is 11.4 Å². The highest BCUT2D eigenvalue weighted by Crippen LogP contribution is 2.28. The molecule has 3 rings (SSSR count). The van der Waals surface area contributed by atoms with Gasteiger partial charge in [-0.25, -0.2) is 15.0 Å². The zero-order valence-corrected chi connectivity index (χ0v) is 19.5. The number of nitrogens with one attached hydrogen (secondary N) is 2. The highest BCUT2D eigenvalue weighted by Gasteiger charge is 2.26. The molecule has 0 unspecified atom stereocenters. The number of carbonyl (C=O) groups excluding carboxylic acids is 1. The van der Waals surface area contributed by atoms with E-state index in [1.54, 1.807) is 0 Å². The maximum atomic E-state index is 13.1. The molecule has 1 aliphatic rings. The Morgan fingerprint density at radius 1 is 1.16 bits per heavy atom. The van der Waals surface area contributed by atoms with Gasteiger partial charge in [0.05, 0.1) is 17.6 Å². The summed E-state index contributed by atoms with van der Waals surface area (Å²) in [6.45, 7) is 6.29. The number of aromatic nitrogens is 2. The van der Waals surface area contributed by atoms with Gasteiger partial charge in [0.25, 0.3) is 5.91 Å². The van der Waals surface area contributed by atoms with E-state index in [1.165, 1.54) is 0 Å². The molecule has 8 nitrogen and oxygen atoms in total. The third kappa shape index (κ3) is 6.08. The highest BCUT2D eigenvalue weighted by atomic mass is 16.2. The van der Waals surface area contributed by atoms with E-state index < -0.39 is 0 Å². The summed E-state index contributed by atoms with van der Waals surface area (Å²) >= 11 is 0. The third-order valence-electron chi connectivity index (χ3n) is 6.03. The fourth-order valence-electron chi connectivity index (χ4n) is 4.49. The van der Waals surface area contributed by atoms with Crippen LogP contribution in [0.1, 0.15) is 81.4 Å². The molecule has 1 saturated carbocycles. The van der Waals surface area contributed by atoms with Crippen LogP contribution in [0.25, 0.3) is 10.9 Å². The molecule has 0 bridgehead atoms. The van der Waals surface area contributed by atoms with E-state index in [0.717, 1.165) is 67.8 Å². The number of amides is 1. The van der Waals surface area contributed by atoms with Crippen molar-refractivity contribution in [2.45, 2.75) is 90.3 Å². The van der Waals surface area contributed by atoms with Crippen molar-refractivity contribution in [1.82, 2.24) is 15.3 Å². The highest BCUT2D eigenvalue weighted by molar-refractivity contribution is 5.96. The van der Waals surface area contributed by atoms with E-state index in [1.807, 2.05) is 19.1 Å². The monoisotopic (exact) mass is 439 g/mol. The van der Waals surface area contributed by atoms with E-state index in [9.17, 15) is 4.79 Å². The van der Waals surface area contributed by atoms with E-state index in [4.69, 9.17) is 11.5 Å². The molecular weight excluding hydrogens is 402 g/mol. The second-order valence-corrected chi connectivity index (χ2v) is 8.82. The lowest BCUT2D eigenvalue weighted by atomic mass is 9.90. The number of anilines is 1. The smallest absolute Gasteiger partial charge is 0.289 e. The number of fused-ring (bicyclic) bond motifs is 1. The van der Waals surface area contributed by atoms with Crippen LogP contribution >= 0.6 is 0 Å². The SMILES string of the molecule is CCCC(CCC)NC(=O)c1nc(N[C@H]2CCCC[C@H]2N=C(N)N)c2cc(C)ccc2n1. The lowest BCUT2D eigenvalue weighted by Gasteiger charge is -2.30. The second-order valence-electron chi connectivity index (χ2n) is 8.82. The number of hydrogen-bond donors (Lipinski definition) is 4. The summed E-state index contributed by atoms with van der Waals surface area (Å²) in [7, 11) is 0. The molecule has 0 saturated heterocycles. The first-order valence-corrected chi connectivity index (χ1v) is 11.9. The maximum Gasteiger partial charge on any atom is 0.289 e. The first-order valence-electron chi connectivity index (χ1n) is 11.9. The molecule has 6 N–H and O–H groups in total. The van der Waals surface area contributed by atoms with E-state index in [2.05, 4.69) is 45.5 Å². The number of guanidine groups is 1. The van der Waals surface area contributed by atoms with Gasteiger partial charge >= 0.3 is 0 Å². The Morgan fingerprint density at radius 2 is 1.88 bits per heavy atom. The van der Waals surface area contributed by atoms with Crippen molar-refractivity contribution in [3.63, 3.8) is 0 Å². The maximum absolute atomic E-state index is 13.1. The molecule has 32 heavy (non-hydrogen) atoms. The van der Waals surface area contributed by atoms with Crippen LogP contribution < -0.4 is 22.1 Å². The summed E-state index contributed by atoms with van der Waals surface area (Å²) in [5.74, 6) is 0.723. The fraction of sp³-hybridized carbons (Fsp3) is 0.583. The van der Waals surface area contributed by atoms with E-state index in [0.29, 0.717) is 5.82 Å². The Labute approximate surface area is 190 Å². The van der Waals surface area contributed by atoms with E-state index >= 15 is 0 Å². The lowest BCUT2D eigenvalue weighted by molar-refractivity contribution is 0.0922. The Bertz CT molecular complexity index is 949. The molecule has 174 valence electrons. The minimum atomic E-state index is -0.230. The van der Waals surface area contributed by atoms with Crippen molar-refractivity contribution in [3.8, 4) is 0 Å². The number of nitrogens with two attached hydrogens (primary N) is 2. The fourth-order valence-corrected chi connectivity index (χ4v) is 4.49. The Kier molecular flexibility index (Phi) is 8.25. The van der Waals surface area contributed by atoms with Crippen LogP contribution in [0, 0.1) is 6.92 Å². The Balaban J connectivity index is 1.94. The lowest BCUT2D eigenvalue weighted by Crippen LogP contribution is -2.39. The molecular formula is C24H37N7O. The van der Waals surface area contributed by atoms with Crippen LogP contribution in [0.2, 0.25) is 0 Å². The summed E-state index contributed by atoms with van der Waals surface area (Å²) in [4.78, 5) is 26.7. The molecule has 1 aromatic heterocycles. The molecule has 0 spiro atoms. The van der Waals surface area contributed by atoms with Crippen LogP contribution in [-0.2, 0) is 0 Å². The number of aryl methyl sites for hydroxylation is 1. The van der Waals surface area contributed by atoms with E-state index in [-0.39, 0.29) is 35.8 Å². The summed E-state index contributed by atoms with van der Waals surface area (Å²) in [6, 6.07) is 6.16. The van der Waals surface area contributed by atoms with Crippen molar-refractivity contribution in [3.05, 3.63) is 29.6 Å². The minimum absolute atomic E-state index is 0.0145. The number of nitrogens with zero attached hydrogens (tertiary/aromatic N) is 3. The molecule has 2 atom stereocenters. The number of carbonyl (C=O) groups is 1. The van der Waals surface area contributed by atoms with Crippen LogP contribution in [0.3, 0.4) is 0 Å². The topological polar surface area (TPSA) is 131 Å². The van der Waals surface area contributed by atoms with Gasteiger partial charge in [-0.05, 0) is 44.7 Å². The Hall–Kier alpha value is -2.90. The first-order chi connectivity index (χ1) is 15.4. The second kappa shape index (κ2) is 11.1. The Morgan fingerprint density at radius 3 is 2.56 bits per heavy atom. The molecule has 1 aromatic carbocycles. The normalized spacial score (nSPS) is 18.5. The molecule has 0 aliphatic heterocycles. The summed E-state index contributed by atoms with van der Waals surface area (Å²) in [6.07, 6.45) is 7.97. The number of aliphatic imine (C=N–C) groups is 1. The molecule has 2 aromatic rings. The summed E-state index contributed by atoms with van der Waals surface area (Å²) in [5, 5.41) is 7.58. The first kappa shape index (κ1) is 23.8. The van der Waals surface area contributed by atoms with Gasteiger partial charge in [-0.15, -0.1) is 0 Å². The predicted octanol–water partition coefficient (Wildman–Crippen LogP) is 3.63. The average molecular weight is 440 g/mol. The molecule has 8 heteroatoms. The average Bonchev–Trinajstić information content (AvgIpc) is 2.75. The van der Waals surface area contributed by atoms with Crippen LogP contribution in [-0.4, -0.2) is 40.0 Å². The quantitative estimate of drug-likeness (QED) is 0.348. The van der Waals surface area contributed by atoms with Crippen molar-refractivity contribution in [1.29, 1.82) is 0 Å². The van der Waals surface area contributed by atoms with Gasteiger partial charge in [-0.2, -0.15) is 0 Å². The van der Waals surface area contributed by atoms with Crippen LogP contribution in [0.4, 0.5) is 5.82 Å². The zero-order valence-electron chi connectivity index (χ0n) is 19.5. The van der Waals surface area contributed by atoms with Crippen molar-refractivity contribution >= 4 is 28.6 Å². The van der Waals surface area contributed by atoms with Gasteiger partial charge < -0.3 is 22.1 Å². The number of hydrogen-bond acceptors (Lipinski definition) is 5. The van der Waals surface area contributed by atoms with Gasteiger partial charge in [0.1, 0.15) is 5.82 Å². The largest absolute Gasteiger partial charge is 0.370 e. The summed E-state index contributed by atoms with van der Waals surface area (Å²) < 4.78 is 0. The van der Waals surface area contributed by atoms with Gasteiger partial charge in [0.15, 0.2) is 5.96 Å². The van der Waals surface area contributed by atoms with Crippen molar-refractivity contribution < 1.29 is 4.79 Å². The van der Waals surface area contributed by atoms with Gasteiger partial charge in [0.2, 0.25) is 5.82 Å². The zero-order chi connectivity index (χ0) is 23.1. The standard InChI is InChI=1S/C24H37N7O/c1-4-8-16(9-5-2)27-23(32)22-28-18-13-12-15(3)14-17(18)21(31-22)29-19-10-6-7-11-20(19)30-24(25)26/h12-14,16,19-20H,4-11H2,1-3H3,(H,27,32)(H4,25,26,30)(H,28,29,31)/t19-,20+/m0/s1.